The summed E-state index contributed by atoms with van der Waals surface area (Å²) in [6.45, 7) is 6.41. The van der Waals surface area contributed by atoms with Crippen LogP contribution in [0.25, 0.3) is 0 Å². The monoisotopic (exact) mass is 472 g/mol. The van der Waals surface area contributed by atoms with Crippen LogP contribution in [-0.2, 0) is 6.54 Å². The summed E-state index contributed by atoms with van der Waals surface area (Å²) in [4.78, 5) is 15.7. The van der Waals surface area contributed by atoms with Crippen LogP contribution in [0.2, 0.25) is 0 Å². The lowest BCUT2D eigenvalue weighted by molar-refractivity contribution is 0.100. The average molecular weight is 472 g/mol. The smallest absolute Gasteiger partial charge is 0.248 e. The van der Waals surface area contributed by atoms with Crippen molar-refractivity contribution in [3.63, 3.8) is 0 Å². The number of nitrogens with two attached hydrogens (primary N) is 1. The molecule has 136 valence electrons. The van der Waals surface area contributed by atoms with Crippen molar-refractivity contribution in [1.82, 2.24) is 10.6 Å². The molecule has 0 aliphatic rings. The number of carbonyl (C=O) groups excluding carboxylic acids is 1. The largest absolute Gasteiger partial charge is 0.366 e. The van der Waals surface area contributed by atoms with Crippen molar-refractivity contribution in [2.75, 3.05) is 13.1 Å². The maximum absolute atomic E-state index is 11.1. The van der Waals surface area contributed by atoms with Crippen LogP contribution in [0.4, 0.5) is 0 Å². The molecule has 2 aromatic rings. The quantitative estimate of drug-likeness (QED) is 0.329. The third kappa shape index (κ3) is 7.03. The van der Waals surface area contributed by atoms with Crippen molar-refractivity contribution in [2.45, 2.75) is 26.3 Å². The predicted octanol–water partition coefficient (Wildman–Crippen LogP) is 3.32. The van der Waals surface area contributed by atoms with E-state index in [0.29, 0.717) is 18.0 Å². The number of amides is 1. The lowest BCUT2D eigenvalue weighted by Crippen LogP contribution is -2.39. The molecule has 7 heteroatoms. The lowest BCUT2D eigenvalue weighted by Gasteiger charge is -2.15. The molecule has 0 saturated carbocycles. The molecule has 1 unspecified atom stereocenters. The molecule has 1 aromatic heterocycles. The zero-order valence-electron chi connectivity index (χ0n) is 14.5. The number of guanidine groups is 1. The number of primary amides is 1. The van der Waals surface area contributed by atoms with Gasteiger partial charge in [0, 0.05) is 18.7 Å². The number of halogens is 1. The number of benzene rings is 1. The third-order valence-corrected chi connectivity index (χ3v) is 4.39. The van der Waals surface area contributed by atoms with E-state index in [4.69, 9.17) is 5.73 Å². The molecule has 1 atom stereocenters. The zero-order chi connectivity index (χ0) is 17.4. The topological polar surface area (TPSA) is 79.5 Å². The Balaban J connectivity index is 0.00000312. The Morgan fingerprint density at radius 3 is 2.52 bits per heavy atom. The van der Waals surface area contributed by atoms with E-state index in [-0.39, 0.29) is 24.0 Å². The van der Waals surface area contributed by atoms with Gasteiger partial charge in [0.2, 0.25) is 5.91 Å². The molecule has 1 heterocycles. The molecule has 0 aliphatic heterocycles. The molecule has 1 aromatic carbocycles. The van der Waals surface area contributed by atoms with Gasteiger partial charge in [-0.1, -0.05) is 19.1 Å². The fourth-order valence-electron chi connectivity index (χ4n) is 2.21. The maximum Gasteiger partial charge on any atom is 0.248 e. The molecule has 0 bridgehead atoms. The van der Waals surface area contributed by atoms with Gasteiger partial charge in [-0.15, -0.1) is 24.0 Å². The molecule has 4 N–H and O–H groups in total. The van der Waals surface area contributed by atoms with E-state index in [2.05, 4.69) is 39.4 Å². The molecular weight excluding hydrogens is 447 g/mol. The van der Waals surface area contributed by atoms with Gasteiger partial charge in [-0.05, 0) is 52.9 Å². The van der Waals surface area contributed by atoms with Crippen LogP contribution >= 0.6 is 35.3 Å². The van der Waals surface area contributed by atoms with E-state index in [1.54, 1.807) is 23.5 Å². The Hall–Kier alpha value is -1.61. The summed E-state index contributed by atoms with van der Waals surface area (Å²) >= 11 is 1.72. The summed E-state index contributed by atoms with van der Waals surface area (Å²) in [5, 5.41) is 10.9. The van der Waals surface area contributed by atoms with E-state index in [1.165, 1.54) is 5.56 Å². The molecule has 5 nitrogen and oxygen atoms in total. The van der Waals surface area contributed by atoms with E-state index >= 15 is 0 Å². The Morgan fingerprint density at radius 2 is 1.96 bits per heavy atom. The van der Waals surface area contributed by atoms with E-state index in [0.717, 1.165) is 24.6 Å². The number of rotatable bonds is 7. The van der Waals surface area contributed by atoms with Crippen molar-refractivity contribution in [3.8, 4) is 0 Å². The standard InChI is InChI=1S/C18H24N4OS.HI/c1-3-20-18(21-10-13(2)16-8-9-24-12-16)22-11-14-4-6-15(7-5-14)17(19)23;/h4-9,12-13H,3,10-11H2,1-2H3,(H2,19,23)(H2,20,21,22);1H. The SMILES string of the molecule is CCNC(=NCc1ccc(C(N)=O)cc1)NCC(C)c1ccsc1.I. The molecular formula is C18H25IN4OS. The van der Waals surface area contributed by atoms with E-state index in [1.807, 2.05) is 19.1 Å². The van der Waals surface area contributed by atoms with Crippen LogP contribution in [0.1, 0.15) is 41.3 Å². The summed E-state index contributed by atoms with van der Waals surface area (Å²) in [5.41, 5.74) is 8.13. The minimum absolute atomic E-state index is 0. The lowest BCUT2D eigenvalue weighted by atomic mass is 10.1. The molecule has 0 fully saturated rings. The minimum atomic E-state index is -0.414. The van der Waals surface area contributed by atoms with Gasteiger partial charge in [-0.3, -0.25) is 4.79 Å². The first-order valence-electron chi connectivity index (χ1n) is 8.03. The highest BCUT2D eigenvalue weighted by Crippen LogP contribution is 2.17. The average Bonchev–Trinajstić information content (AvgIpc) is 3.12. The highest BCUT2D eigenvalue weighted by Gasteiger charge is 2.07. The second kappa shape index (κ2) is 11.1. The minimum Gasteiger partial charge on any atom is -0.366 e. The van der Waals surface area contributed by atoms with Gasteiger partial charge in [0.05, 0.1) is 6.54 Å². The van der Waals surface area contributed by atoms with Crippen LogP contribution < -0.4 is 16.4 Å². The number of nitrogens with one attached hydrogen (secondary N) is 2. The summed E-state index contributed by atoms with van der Waals surface area (Å²) in [5.74, 6) is 0.802. The Labute approximate surface area is 170 Å². The molecule has 0 saturated heterocycles. The van der Waals surface area contributed by atoms with Crippen LogP contribution in [-0.4, -0.2) is 25.0 Å². The van der Waals surface area contributed by atoms with Gasteiger partial charge in [-0.2, -0.15) is 11.3 Å². The van der Waals surface area contributed by atoms with E-state index in [9.17, 15) is 4.79 Å². The summed E-state index contributed by atoms with van der Waals surface area (Å²) in [6.07, 6.45) is 0. The summed E-state index contributed by atoms with van der Waals surface area (Å²) in [7, 11) is 0. The van der Waals surface area contributed by atoms with Gasteiger partial charge in [0.15, 0.2) is 5.96 Å². The first-order chi connectivity index (χ1) is 11.6. The molecule has 2 rings (SSSR count). The van der Waals surface area contributed by atoms with Crippen molar-refractivity contribution in [1.29, 1.82) is 0 Å². The number of hydrogen-bond donors (Lipinski definition) is 3. The fourth-order valence-corrected chi connectivity index (χ4v) is 2.99. The molecule has 25 heavy (non-hydrogen) atoms. The van der Waals surface area contributed by atoms with Crippen molar-refractivity contribution >= 4 is 47.2 Å². The van der Waals surface area contributed by atoms with Crippen LogP contribution in [0.3, 0.4) is 0 Å². The van der Waals surface area contributed by atoms with Crippen LogP contribution in [0, 0.1) is 0 Å². The number of carbonyl (C=O) groups is 1. The second-order valence-corrected chi connectivity index (χ2v) is 6.38. The second-order valence-electron chi connectivity index (χ2n) is 5.59. The van der Waals surface area contributed by atoms with E-state index < -0.39 is 5.91 Å². The summed E-state index contributed by atoms with van der Waals surface area (Å²) < 4.78 is 0. The zero-order valence-corrected chi connectivity index (χ0v) is 17.6. The number of aliphatic imine (C=N–C) groups is 1. The van der Waals surface area contributed by atoms with Crippen LogP contribution in [0.5, 0.6) is 0 Å². The van der Waals surface area contributed by atoms with Gasteiger partial charge >= 0.3 is 0 Å². The first-order valence-corrected chi connectivity index (χ1v) is 8.97. The molecule has 0 spiro atoms. The Kier molecular flexibility index (Phi) is 9.51. The fraction of sp³-hybridized carbons (Fsp3) is 0.333. The first kappa shape index (κ1) is 21.4. The van der Waals surface area contributed by atoms with Crippen molar-refractivity contribution in [3.05, 3.63) is 57.8 Å². The molecule has 1 amide bonds. The van der Waals surface area contributed by atoms with Crippen molar-refractivity contribution in [2.24, 2.45) is 10.7 Å². The number of hydrogen-bond acceptors (Lipinski definition) is 3. The highest BCUT2D eigenvalue weighted by molar-refractivity contribution is 14.0. The third-order valence-electron chi connectivity index (χ3n) is 3.69. The normalized spacial score (nSPS) is 12.2. The Bertz CT molecular complexity index is 671. The highest BCUT2D eigenvalue weighted by atomic mass is 127. The van der Waals surface area contributed by atoms with Crippen LogP contribution in [0.15, 0.2) is 46.1 Å². The summed E-state index contributed by atoms with van der Waals surface area (Å²) in [6, 6.07) is 9.36. The number of thiophene rings is 1. The molecule has 0 aliphatic carbocycles. The maximum atomic E-state index is 11.1. The van der Waals surface area contributed by atoms with Gasteiger partial charge in [0.25, 0.3) is 0 Å². The van der Waals surface area contributed by atoms with Gasteiger partial charge in [0.1, 0.15) is 0 Å². The van der Waals surface area contributed by atoms with Gasteiger partial charge in [-0.25, -0.2) is 4.99 Å². The van der Waals surface area contributed by atoms with Crippen molar-refractivity contribution < 1.29 is 4.79 Å². The van der Waals surface area contributed by atoms with Gasteiger partial charge < -0.3 is 16.4 Å². The number of nitrogens with zero attached hydrogens (tertiary/aromatic N) is 1. The molecule has 0 radical (unpaired) electrons. The predicted molar refractivity (Wildman–Crippen MR) is 116 cm³/mol. The Morgan fingerprint density at radius 1 is 1.24 bits per heavy atom.